The van der Waals surface area contributed by atoms with Crippen LogP contribution in [0.2, 0.25) is 0 Å². The molecule has 2 unspecified atom stereocenters. The van der Waals surface area contributed by atoms with E-state index in [2.05, 4.69) is 38.8 Å². The lowest BCUT2D eigenvalue weighted by atomic mass is 9.89. The number of hydrogen-bond donors (Lipinski definition) is 2. The number of piperidine rings is 2. The molecule has 2 N–H and O–H groups in total. The van der Waals surface area contributed by atoms with Crippen LogP contribution < -0.4 is 15.5 Å². The standard InChI is InChI=1S/C26H35N5O4/c1-26(2,3)35-25(34)27-14-15-11-16-5-6-17(12-15)31(16)18-7-8-19-21(13-18)30(4)29-23(19)20-9-10-22(32)28-24(20)33/h7-8,13,15-17,20H,5-6,9-12,14H2,1-4H3,(H,27,34)(H,28,32,33)/t15?,16-,17+,20?. The monoisotopic (exact) mass is 481 g/mol. The lowest BCUT2D eigenvalue weighted by Gasteiger charge is -2.40. The van der Waals surface area contributed by atoms with E-state index >= 15 is 0 Å². The van der Waals surface area contributed by atoms with Crippen LogP contribution >= 0.6 is 0 Å². The molecule has 9 heteroatoms. The molecule has 3 aliphatic heterocycles. The summed E-state index contributed by atoms with van der Waals surface area (Å²) in [5.41, 5.74) is 2.43. The molecule has 3 saturated heterocycles. The van der Waals surface area contributed by atoms with Crippen LogP contribution in [0, 0.1) is 5.92 Å². The van der Waals surface area contributed by atoms with Gasteiger partial charge in [0.25, 0.3) is 0 Å². The van der Waals surface area contributed by atoms with E-state index in [1.807, 2.05) is 32.5 Å². The molecule has 2 aromatic rings. The third-order valence-corrected chi connectivity index (χ3v) is 7.50. The lowest BCUT2D eigenvalue weighted by Crippen LogP contribution is -2.46. The van der Waals surface area contributed by atoms with Crippen LogP contribution in [0.1, 0.15) is 70.9 Å². The zero-order valence-electron chi connectivity index (χ0n) is 21.0. The summed E-state index contributed by atoms with van der Waals surface area (Å²) in [5.74, 6) is -0.429. The number of anilines is 1. The first-order valence-corrected chi connectivity index (χ1v) is 12.6. The number of fused-ring (bicyclic) bond motifs is 3. The van der Waals surface area contributed by atoms with Crippen LogP contribution in [0.5, 0.6) is 0 Å². The Kier molecular flexibility index (Phi) is 5.97. The second-order valence-electron chi connectivity index (χ2n) is 11.2. The van der Waals surface area contributed by atoms with Crippen molar-refractivity contribution in [2.45, 2.75) is 82.9 Å². The SMILES string of the molecule is Cn1nc(C2CCC(=O)NC2=O)c2ccc(N3[C@@H]4CC[C@H]3CC(CNC(=O)OC(C)(C)C)C4)cc21. The fourth-order valence-corrected chi connectivity index (χ4v) is 6.07. The molecule has 5 rings (SSSR count). The van der Waals surface area contributed by atoms with Crippen molar-refractivity contribution in [1.82, 2.24) is 20.4 Å². The molecule has 9 nitrogen and oxygen atoms in total. The minimum absolute atomic E-state index is 0.214. The van der Waals surface area contributed by atoms with Gasteiger partial charge in [-0.2, -0.15) is 5.10 Å². The molecular formula is C26H35N5O4. The van der Waals surface area contributed by atoms with Gasteiger partial charge in [0, 0.05) is 43.2 Å². The molecular weight excluding hydrogens is 446 g/mol. The topological polar surface area (TPSA) is 106 Å². The van der Waals surface area contributed by atoms with Crippen molar-refractivity contribution in [3.63, 3.8) is 0 Å². The summed E-state index contributed by atoms with van der Waals surface area (Å²) in [6.07, 6.45) is 4.87. The molecule has 3 aliphatic rings. The van der Waals surface area contributed by atoms with Crippen molar-refractivity contribution < 1.29 is 19.1 Å². The van der Waals surface area contributed by atoms with Gasteiger partial charge in [-0.05, 0) is 77.0 Å². The van der Waals surface area contributed by atoms with E-state index < -0.39 is 11.5 Å². The molecule has 1 aromatic carbocycles. The lowest BCUT2D eigenvalue weighted by molar-refractivity contribution is -0.134. The Bertz CT molecular complexity index is 1150. The van der Waals surface area contributed by atoms with Gasteiger partial charge in [-0.25, -0.2) is 4.79 Å². The predicted octanol–water partition coefficient (Wildman–Crippen LogP) is 3.37. The zero-order chi connectivity index (χ0) is 24.9. The maximum Gasteiger partial charge on any atom is 0.407 e. The van der Waals surface area contributed by atoms with E-state index in [4.69, 9.17) is 4.74 Å². The Balaban J connectivity index is 1.30. The number of imide groups is 1. The Morgan fingerprint density at radius 1 is 1.17 bits per heavy atom. The highest BCUT2D eigenvalue weighted by molar-refractivity contribution is 6.02. The third-order valence-electron chi connectivity index (χ3n) is 7.50. The zero-order valence-corrected chi connectivity index (χ0v) is 21.0. The van der Waals surface area contributed by atoms with Gasteiger partial charge in [-0.15, -0.1) is 0 Å². The normalized spacial score (nSPS) is 26.7. The molecule has 35 heavy (non-hydrogen) atoms. The van der Waals surface area contributed by atoms with E-state index in [-0.39, 0.29) is 17.9 Å². The number of hydrogen-bond acceptors (Lipinski definition) is 6. The van der Waals surface area contributed by atoms with Crippen LogP contribution in [0.25, 0.3) is 10.9 Å². The van der Waals surface area contributed by atoms with Crippen LogP contribution in [0.15, 0.2) is 18.2 Å². The van der Waals surface area contributed by atoms with Gasteiger partial charge in [0.15, 0.2) is 0 Å². The quantitative estimate of drug-likeness (QED) is 0.649. The molecule has 3 amide bonds. The van der Waals surface area contributed by atoms with E-state index in [1.165, 1.54) is 5.69 Å². The molecule has 1 aromatic heterocycles. The average Bonchev–Trinajstić information content (AvgIpc) is 3.24. The number of benzene rings is 1. The maximum absolute atomic E-state index is 12.4. The molecule has 0 aliphatic carbocycles. The number of alkyl carbamates (subject to hydrolysis) is 1. The Morgan fingerprint density at radius 3 is 2.54 bits per heavy atom. The van der Waals surface area contributed by atoms with Crippen LogP contribution in [0.3, 0.4) is 0 Å². The Morgan fingerprint density at radius 2 is 1.89 bits per heavy atom. The first-order valence-electron chi connectivity index (χ1n) is 12.6. The molecule has 3 fully saturated rings. The highest BCUT2D eigenvalue weighted by Crippen LogP contribution is 2.42. The largest absolute Gasteiger partial charge is 0.444 e. The fourth-order valence-electron chi connectivity index (χ4n) is 6.07. The number of ether oxygens (including phenoxy) is 1. The first kappa shape index (κ1) is 23.6. The van der Waals surface area contributed by atoms with E-state index in [0.29, 0.717) is 37.4 Å². The van der Waals surface area contributed by atoms with Crippen molar-refractivity contribution in [3.05, 3.63) is 23.9 Å². The van der Waals surface area contributed by atoms with Crippen molar-refractivity contribution in [3.8, 4) is 0 Å². The van der Waals surface area contributed by atoms with Crippen LogP contribution in [-0.2, 0) is 21.4 Å². The summed E-state index contributed by atoms with van der Waals surface area (Å²) >= 11 is 0. The predicted molar refractivity (Wildman–Crippen MR) is 132 cm³/mol. The van der Waals surface area contributed by atoms with Crippen molar-refractivity contribution in [1.29, 1.82) is 0 Å². The number of carbonyl (C=O) groups is 3. The second kappa shape index (κ2) is 8.84. The van der Waals surface area contributed by atoms with Crippen molar-refractivity contribution >= 4 is 34.5 Å². The molecule has 0 radical (unpaired) electrons. The number of nitrogens with one attached hydrogen (secondary N) is 2. The van der Waals surface area contributed by atoms with Crippen molar-refractivity contribution in [2.75, 3.05) is 11.4 Å². The van der Waals surface area contributed by atoms with Gasteiger partial charge in [0.2, 0.25) is 11.8 Å². The Hall–Kier alpha value is -3.10. The van der Waals surface area contributed by atoms with Gasteiger partial charge in [-0.1, -0.05) is 0 Å². The molecule has 4 atom stereocenters. The number of amides is 3. The van der Waals surface area contributed by atoms with E-state index in [1.54, 1.807) is 0 Å². The molecule has 2 bridgehead atoms. The highest BCUT2D eigenvalue weighted by Gasteiger charge is 2.41. The Labute approximate surface area is 205 Å². The number of aromatic nitrogens is 2. The second-order valence-corrected chi connectivity index (χ2v) is 11.2. The summed E-state index contributed by atoms with van der Waals surface area (Å²) in [6, 6.07) is 7.29. The van der Waals surface area contributed by atoms with Gasteiger partial charge < -0.3 is 15.0 Å². The van der Waals surface area contributed by atoms with Gasteiger partial charge in [-0.3, -0.25) is 19.6 Å². The summed E-state index contributed by atoms with van der Waals surface area (Å²) in [7, 11) is 1.91. The number of nitrogens with zero attached hydrogens (tertiary/aromatic N) is 3. The highest BCUT2D eigenvalue weighted by atomic mass is 16.6. The molecule has 188 valence electrons. The van der Waals surface area contributed by atoms with E-state index in [9.17, 15) is 14.4 Å². The maximum atomic E-state index is 12.4. The van der Waals surface area contributed by atoms with Gasteiger partial charge >= 0.3 is 6.09 Å². The molecule has 0 saturated carbocycles. The molecule has 0 spiro atoms. The minimum atomic E-state index is -0.491. The fraction of sp³-hybridized carbons (Fsp3) is 0.615. The van der Waals surface area contributed by atoms with Gasteiger partial charge in [0.1, 0.15) is 5.60 Å². The smallest absolute Gasteiger partial charge is 0.407 e. The number of rotatable bonds is 4. The first-order chi connectivity index (χ1) is 16.6. The summed E-state index contributed by atoms with van der Waals surface area (Å²) in [6.45, 7) is 6.26. The van der Waals surface area contributed by atoms with Gasteiger partial charge in [0.05, 0.1) is 17.1 Å². The minimum Gasteiger partial charge on any atom is -0.444 e. The third kappa shape index (κ3) is 4.73. The molecule has 4 heterocycles. The number of carbonyl (C=O) groups excluding carboxylic acids is 3. The average molecular weight is 482 g/mol. The van der Waals surface area contributed by atoms with E-state index in [0.717, 1.165) is 42.3 Å². The van der Waals surface area contributed by atoms with Crippen LogP contribution in [0.4, 0.5) is 10.5 Å². The summed E-state index contributed by atoms with van der Waals surface area (Å²) in [4.78, 5) is 38.6. The number of aryl methyl sites for hydroxylation is 1. The van der Waals surface area contributed by atoms with Crippen LogP contribution in [-0.4, -0.2) is 51.9 Å². The summed E-state index contributed by atoms with van der Waals surface area (Å²) < 4.78 is 7.23. The summed E-state index contributed by atoms with van der Waals surface area (Å²) in [5, 5.41) is 11.1. The van der Waals surface area contributed by atoms with Crippen molar-refractivity contribution in [2.24, 2.45) is 13.0 Å².